The zero-order chi connectivity index (χ0) is 23.3. The predicted molar refractivity (Wildman–Crippen MR) is 135 cm³/mol. The lowest BCUT2D eigenvalue weighted by molar-refractivity contribution is -0.148. The molecule has 1 aromatic carbocycles. The molecule has 2 aliphatic heterocycles. The maximum Gasteiger partial charge on any atom is 0.0974 e. The lowest BCUT2D eigenvalue weighted by Gasteiger charge is -2.55. The number of hydrogen-bond acceptors (Lipinski definition) is 4. The Bertz CT molecular complexity index is 1230. The average Bonchev–Trinajstić information content (AvgIpc) is 3.34. The van der Waals surface area contributed by atoms with Crippen LogP contribution in [0.5, 0.6) is 0 Å². The van der Waals surface area contributed by atoms with E-state index < -0.39 is 0 Å². The van der Waals surface area contributed by atoms with Crippen LogP contribution in [-0.2, 0) is 4.74 Å². The van der Waals surface area contributed by atoms with Gasteiger partial charge in [0.05, 0.1) is 17.3 Å². The van der Waals surface area contributed by atoms with Crippen LogP contribution in [0.1, 0.15) is 63.4 Å². The van der Waals surface area contributed by atoms with Crippen molar-refractivity contribution in [1.82, 2.24) is 9.88 Å². The van der Waals surface area contributed by atoms with Gasteiger partial charge in [0.2, 0.25) is 0 Å². The molecule has 2 aromatic rings. The number of aliphatic hydroxyl groups is 1. The van der Waals surface area contributed by atoms with Crippen molar-refractivity contribution in [2.75, 3.05) is 14.1 Å². The molecule has 0 amide bonds. The third kappa shape index (κ3) is 2.68. The van der Waals surface area contributed by atoms with Gasteiger partial charge in [-0.15, -0.1) is 0 Å². The van der Waals surface area contributed by atoms with Crippen LogP contribution >= 0.6 is 0 Å². The quantitative estimate of drug-likeness (QED) is 0.659. The number of pyridine rings is 1. The van der Waals surface area contributed by atoms with Crippen molar-refractivity contribution in [1.29, 1.82) is 0 Å². The monoisotopic (exact) mass is 456 g/mol. The number of likely N-dealkylation sites (N-methyl/N-ethyl adjacent to an activating group) is 1. The minimum absolute atomic E-state index is 0.150. The number of rotatable bonds is 2. The number of hydrogen-bond donors (Lipinski definition) is 1. The molecule has 34 heavy (non-hydrogen) atoms. The van der Waals surface area contributed by atoms with Gasteiger partial charge in [0.25, 0.3) is 0 Å². The summed E-state index contributed by atoms with van der Waals surface area (Å²) in [5, 5.41) is 13.4. The van der Waals surface area contributed by atoms with Gasteiger partial charge >= 0.3 is 0 Å². The summed E-state index contributed by atoms with van der Waals surface area (Å²) in [6, 6.07) is 9.29. The smallest absolute Gasteiger partial charge is 0.0974 e. The predicted octanol–water partition coefficient (Wildman–Crippen LogP) is 5.38. The van der Waals surface area contributed by atoms with Crippen LogP contribution in [0, 0.1) is 11.3 Å². The zero-order valence-corrected chi connectivity index (χ0v) is 20.6. The lowest BCUT2D eigenvalue weighted by Crippen LogP contribution is -2.57. The number of nitrogens with zero attached hydrogens (tertiary/aromatic N) is 2. The summed E-state index contributed by atoms with van der Waals surface area (Å²) < 4.78 is 7.36. The summed E-state index contributed by atoms with van der Waals surface area (Å²) in [4.78, 5) is 6.56. The number of benzene rings is 1. The molecular formula is C30H36N2O2. The summed E-state index contributed by atoms with van der Waals surface area (Å²) in [6.07, 6.45) is 15.9. The highest BCUT2D eigenvalue weighted by Crippen LogP contribution is 2.69. The first-order valence-electron chi connectivity index (χ1n) is 13.1. The number of aliphatic hydroxyl groups excluding tert-OH is 1. The Morgan fingerprint density at radius 1 is 1.12 bits per heavy atom. The molecule has 1 aromatic heterocycles. The van der Waals surface area contributed by atoms with Gasteiger partial charge in [-0.1, -0.05) is 31.2 Å². The number of aromatic nitrogens is 1. The average molecular weight is 457 g/mol. The normalized spacial score (nSPS) is 42.7. The molecule has 178 valence electrons. The molecule has 3 aliphatic carbocycles. The minimum atomic E-state index is -0.309. The molecule has 0 unspecified atom stereocenters. The molecule has 5 aliphatic rings. The third-order valence-electron chi connectivity index (χ3n) is 10.5. The highest BCUT2D eigenvalue weighted by Gasteiger charge is 2.67. The second-order valence-electron chi connectivity index (χ2n) is 12.2. The highest BCUT2D eigenvalue weighted by molar-refractivity contribution is 5.82. The van der Waals surface area contributed by atoms with Crippen molar-refractivity contribution in [3.05, 3.63) is 65.5 Å². The van der Waals surface area contributed by atoms with Crippen LogP contribution in [0.2, 0.25) is 0 Å². The molecule has 2 bridgehead atoms. The molecule has 3 fully saturated rings. The van der Waals surface area contributed by atoms with Crippen LogP contribution in [-0.4, -0.2) is 52.4 Å². The van der Waals surface area contributed by atoms with Gasteiger partial charge in [0.1, 0.15) is 0 Å². The molecule has 2 saturated carbocycles. The zero-order valence-electron chi connectivity index (χ0n) is 20.6. The molecule has 1 saturated heterocycles. The topological polar surface area (TPSA) is 45.6 Å². The Kier molecular flexibility index (Phi) is 4.40. The SMILES string of the molecule is CN(C)[C@H]1C[C@@]23CC[C@@]4(O2)C(=CC[C@]2(C)[C@@H](c5ccc6ccncc6c5)CC[C@H]24)C=C3C[C@@H]1O. The summed E-state index contributed by atoms with van der Waals surface area (Å²) in [6.45, 7) is 2.53. The third-order valence-corrected chi connectivity index (χ3v) is 10.5. The maximum atomic E-state index is 10.9. The fraction of sp³-hybridized carbons (Fsp3) is 0.567. The van der Waals surface area contributed by atoms with Gasteiger partial charge in [0, 0.05) is 23.8 Å². The molecule has 1 N–H and O–H groups in total. The number of fused-ring (bicyclic) bond motifs is 2. The Balaban J connectivity index is 1.28. The minimum Gasteiger partial charge on any atom is -0.391 e. The van der Waals surface area contributed by atoms with E-state index >= 15 is 0 Å². The van der Waals surface area contributed by atoms with Crippen molar-refractivity contribution in [2.45, 2.75) is 81.1 Å². The molecule has 7 atom stereocenters. The van der Waals surface area contributed by atoms with E-state index in [0.717, 1.165) is 32.1 Å². The maximum absolute atomic E-state index is 10.9. The van der Waals surface area contributed by atoms with Crippen molar-refractivity contribution < 1.29 is 9.84 Å². The van der Waals surface area contributed by atoms with Gasteiger partial charge in [-0.2, -0.15) is 0 Å². The van der Waals surface area contributed by atoms with Crippen LogP contribution < -0.4 is 0 Å². The fourth-order valence-electron chi connectivity index (χ4n) is 8.75. The van der Waals surface area contributed by atoms with Crippen molar-refractivity contribution in [2.24, 2.45) is 11.3 Å². The van der Waals surface area contributed by atoms with Crippen molar-refractivity contribution >= 4 is 10.8 Å². The van der Waals surface area contributed by atoms with Crippen molar-refractivity contribution in [3.63, 3.8) is 0 Å². The highest BCUT2D eigenvalue weighted by atomic mass is 16.5. The first-order chi connectivity index (χ1) is 16.3. The van der Waals surface area contributed by atoms with Gasteiger partial charge in [-0.3, -0.25) is 4.98 Å². The summed E-state index contributed by atoms with van der Waals surface area (Å²) in [5.41, 5.74) is 4.09. The molecule has 0 radical (unpaired) electrons. The largest absolute Gasteiger partial charge is 0.391 e. The lowest BCUT2D eigenvalue weighted by atomic mass is 9.58. The van der Waals surface area contributed by atoms with E-state index in [1.165, 1.54) is 40.3 Å². The van der Waals surface area contributed by atoms with Gasteiger partial charge in [0.15, 0.2) is 0 Å². The van der Waals surface area contributed by atoms with Crippen LogP contribution in [0.3, 0.4) is 0 Å². The molecule has 4 heteroatoms. The van der Waals surface area contributed by atoms with Crippen LogP contribution in [0.25, 0.3) is 10.8 Å². The van der Waals surface area contributed by atoms with Gasteiger partial charge < -0.3 is 14.7 Å². The molecular weight excluding hydrogens is 420 g/mol. The van der Waals surface area contributed by atoms with Crippen LogP contribution in [0.15, 0.2) is 60.0 Å². The number of ether oxygens (including phenoxy) is 1. The summed E-state index contributed by atoms with van der Waals surface area (Å²) in [5.74, 6) is 1.08. The first kappa shape index (κ1) is 21.3. The first-order valence-corrected chi connectivity index (χ1v) is 13.1. The van der Waals surface area contributed by atoms with E-state index in [4.69, 9.17) is 4.74 Å². The molecule has 3 heterocycles. The van der Waals surface area contributed by atoms with E-state index in [9.17, 15) is 5.11 Å². The summed E-state index contributed by atoms with van der Waals surface area (Å²) >= 11 is 0. The second kappa shape index (κ2) is 7.02. The second-order valence-corrected chi connectivity index (χ2v) is 12.2. The fourth-order valence-corrected chi connectivity index (χ4v) is 8.75. The molecule has 4 nitrogen and oxygen atoms in total. The summed E-state index contributed by atoms with van der Waals surface area (Å²) in [7, 11) is 4.19. The van der Waals surface area contributed by atoms with Gasteiger partial charge in [-0.05, 0) is 111 Å². The number of allylic oxidation sites excluding steroid dienone is 1. The van der Waals surface area contributed by atoms with E-state index in [2.05, 4.69) is 67.3 Å². The Hall–Kier alpha value is -2.01. The molecule has 7 rings (SSSR count). The Labute approximate surface area is 202 Å². The molecule has 2 spiro atoms. The standard InChI is InChI=1S/C30H36N2O2/c1-28-10-8-22-15-23-16-26(33)25(32(2)3)17-29(23)11-12-30(22,34-29)27(28)7-6-24(28)20-5-4-19-9-13-31-18-21(19)14-20/h4-5,8-9,13-15,18,24-27,33H,6-7,10-12,16-17H2,1-3H3/t24-,25+,26+,27-,28-,29-,30-/m1/s1. The van der Waals surface area contributed by atoms with Crippen LogP contribution in [0.4, 0.5) is 0 Å². The Morgan fingerprint density at radius 2 is 2.00 bits per heavy atom. The van der Waals surface area contributed by atoms with E-state index in [0.29, 0.717) is 11.8 Å². The van der Waals surface area contributed by atoms with E-state index in [-0.39, 0.29) is 28.8 Å². The van der Waals surface area contributed by atoms with E-state index in [1.807, 2.05) is 12.4 Å². The van der Waals surface area contributed by atoms with Gasteiger partial charge in [-0.25, -0.2) is 0 Å². The van der Waals surface area contributed by atoms with E-state index in [1.54, 1.807) is 0 Å². The Morgan fingerprint density at radius 3 is 2.85 bits per heavy atom. The van der Waals surface area contributed by atoms with Crippen molar-refractivity contribution in [3.8, 4) is 0 Å².